The molecule has 0 fully saturated rings. The Morgan fingerprint density at radius 1 is 1.11 bits per heavy atom. The third-order valence-corrected chi connectivity index (χ3v) is 2.62. The fraction of sp³-hybridized carbons (Fsp3) is 0.200. The van der Waals surface area contributed by atoms with Crippen molar-refractivity contribution in [2.24, 2.45) is 0 Å². The van der Waals surface area contributed by atoms with Gasteiger partial charge in [-0.2, -0.15) is 0 Å². The lowest BCUT2D eigenvalue weighted by atomic mass is 10.1. The van der Waals surface area contributed by atoms with E-state index >= 15 is 0 Å². The van der Waals surface area contributed by atoms with Crippen LogP contribution in [-0.2, 0) is 22.7 Å². The first-order chi connectivity index (χ1) is 9.29. The van der Waals surface area contributed by atoms with Gasteiger partial charge in [-0.1, -0.05) is 18.2 Å². The molecule has 98 valence electrons. The Labute approximate surface area is 112 Å². The van der Waals surface area contributed by atoms with E-state index < -0.39 is 0 Å². The molecule has 0 saturated heterocycles. The zero-order valence-electron chi connectivity index (χ0n) is 10.7. The van der Waals surface area contributed by atoms with Crippen molar-refractivity contribution < 1.29 is 14.3 Å². The van der Waals surface area contributed by atoms with Crippen LogP contribution in [-0.4, -0.2) is 18.1 Å². The second-order valence-electron chi connectivity index (χ2n) is 4.00. The van der Waals surface area contributed by atoms with E-state index in [1.807, 2.05) is 30.3 Å². The van der Waals surface area contributed by atoms with E-state index in [9.17, 15) is 4.79 Å². The Hall–Kier alpha value is -2.20. The molecule has 0 bridgehead atoms. The minimum atomic E-state index is -0.332. The number of hydrogen-bond acceptors (Lipinski definition) is 4. The normalized spacial score (nSPS) is 10.2. The highest BCUT2D eigenvalue weighted by Gasteiger charge is 2.04. The first-order valence-electron chi connectivity index (χ1n) is 5.94. The van der Waals surface area contributed by atoms with Crippen LogP contribution in [0.3, 0.4) is 0 Å². The number of hydrogen-bond donors (Lipinski definition) is 0. The Kier molecular flexibility index (Phi) is 4.64. The molecule has 2 rings (SSSR count). The summed E-state index contributed by atoms with van der Waals surface area (Å²) in [7, 11) is 1.37. The molecule has 0 amide bonds. The molecule has 0 spiro atoms. The van der Waals surface area contributed by atoms with Crippen LogP contribution in [0.1, 0.15) is 21.6 Å². The summed E-state index contributed by atoms with van der Waals surface area (Å²) < 4.78 is 10.2. The average molecular weight is 257 g/mol. The van der Waals surface area contributed by atoms with Gasteiger partial charge in [0.25, 0.3) is 0 Å². The molecule has 0 N–H and O–H groups in total. The Balaban J connectivity index is 1.85. The third kappa shape index (κ3) is 3.89. The Morgan fingerprint density at radius 3 is 2.53 bits per heavy atom. The molecule has 4 heteroatoms. The number of carbonyl (C=O) groups is 1. The average Bonchev–Trinajstić information content (AvgIpc) is 2.48. The Bertz CT molecular complexity index is 523. The van der Waals surface area contributed by atoms with Gasteiger partial charge in [0.1, 0.15) is 0 Å². The van der Waals surface area contributed by atoms with Crippen molar-refractivity contribution in [3.8, 4) is 0 Å². The second-order valence-corrected chi connectivity index (χ2v) is 4.00. The van der Waals surface area contributed by atoms with Crippen LogP contribution in [0.15, 0.2) is 48.7 Å². The summed E-state index contributed by atoms with van der Waals surface area (Å²) in [6, 6.07) is 12.9. The number of ether oxygens (including phenoxy) is 2. The van der Waals surface area contributed by atoms with Gasteiger partial charge in [-0.3, -0.25) is 4.98 Å². The maximum atomic E-state index is 11.3. The lowest BCUT2D eigenvalue weighted by molar-refractivity contribution is 0.0600. The Morgan fingerprint density at radius 2 is 1.89 bits per heavy atom. The highest BCUT2D eigenvalue weighted by molar-refractivity contribution is 5.89. The van der Waals surface area contributed by atoms with Gasteiger partial charge in [-0.15, -0.1) is 0 Å². The smallest absolute Gasteiger partial charge is 0.337 e. The number of esters is 1. The van der Waals surface area contributed by atoms with Crippen molar-refractivity contribution in [3.05, 3.63) is 65.5 Å². The van der Waals surface area contributed by atoms with Crippen molar-refractivity contribution in [2.75, 3.05) is 7.11 Å². The highest BCUT2D eigenvalue weighted by atomic mass is 16.5. The first-order valence-corrected chi connectivity index (χ1v) is 5.94. The number of aromatic nitrogens is 1. The quantitative estimate of drug-likeness (QED) is 0.772. The van der Waals surface area contributed by atoms with E-state index in [1.54, 1.807) is 18.3 Å². The summed E-state index contributed by atoms with van der Waals surface area (Å²) >= 11 is 0. The molecule has 0 radical (unpaired) electrons. The summed E-state index contributed by atoms with van der Waals surface area (Å²) in [5.41, 5.74) is 2.44. The van der Waals surface area contributed by atoms with Crippen molar-refractivity contribution in [2.45, 2.75) is 13.2 Å². The van der Waals surface area contributed by atoms with E-state index in [4.69, 9.17) is 4.74 Å². The third-order valence-electron chi connectivity index (χ3n) is 2.62. The van der Waals surface area contributed by atoms with E-state index in [2.05, 4.69) is 9.72 Å². The molecule has 0 atom stereocenters. The van der Waals surface area contributed by atoms with E-state index in [-0.39, 0.29) is 5.97 Å². The van der Waals surface area contributed by atoms with Gasteiger partial charge < -0.3 is 9.47 Å². The van der Waals surface area contributed by atoms with Crippen LogP contribution < -0.4 is 0 Å². The number of methoxy groups -OCH3 is 1. The maximum Gasteiger partial charge on any atom is 0.337 e. The second kappa shape index (κ2) is 6.66. The van der Waals surface area contributed by atoms with Crippen LogP contribution in [0, 0.1) is 0 Å². The van der Waals surface area contributed by atoms with E-state index in [0.29, 0.717) is 18.8 Å². The SMILES string of the molecule is COC(=O)c1ccc(COCc2ccccn2)cc1. The number of carbonyl (C=O) groups excluding carboxylic acids is 1. The summed E-state index contributed by atoms with van der Waals surface area (Å²) in [5.74, 6) is -0.332. The zero-order valence-corrected chi connectivity index (χ0v) is 10.7. The van der Waals surface area contributed by atoms with Crippen LogP contribution >= 0.6 is 0 Å². The van der Waals surface area contributed by atoms with Crippen LogP contribution in [0.2, 0.25) is 0 Å². The van der Waals surface area contributed by atoms with Crippen LogP contribution in [0.4, 0.5) is 0 Å². The topological polar surface area (TPSA) is 48.4 Å². The van der Waals surface area contributed by atoms with Crippen LogP contribution in [0.5, 0.6) is 0 Å². The van der Waals surface area contributed by atoms with Crippen molar-refractivity contribution in [1.29, 1.82) is 0 Å². The van der Waals surface area contributed by atoms with Crippen molar-refractivity contribution >= 4 is 5.97 Å². The number of rotatable bonds is 5. The van der Waals surface area contributed by atoms with E-state index in [0.717, 1.165) is 11.3 Å². The summed E-state index contributed by atoms with van der Waals surface area (Å²) in [4.78, 5) is 15.4. The maximum absolute atomic E-state index is 11.3. The lowest BCUT2D eigenvalue weighted by Gasteiger charge is -2.05. The largest absolute Gasteiger partial charge is 0.465 e. The highest BCUT2D eigenvalue weighted by Crippen LogP contribution is 2.08. The molecule has 19 heavy (non-hydrogen) atoms. The number of nitrogens with zero attached hydrogens (tertiary/aromatic N) is 1. The summed E-state index contributed by atoms with van der Waals surface area (Å²) in [6.45, 7) is 0.956. The molecule has 1 aromatic heterocycles. The molecule has 2 aromatic rings. The molecule has 0 aliphatic rings. The summed E-state index contributed by atoms with van der Waals surface area (Å²) in [6.07, 6.45) is 1.74. The van der Waals surface area contributed by atoms with Crippen LogP contribution in [0.25, 0.3) is 0 Å². The molecule has 0 aliphatic heterocycles. The van der Waals surface area contributed by atoms with Gasteiger partial charge in [0.15, 0.2) is 0 Å². The number of pyridine rings is 1. The van der Waals surface area contributed by atoms with Gasteiger partial charge in [0.2, 0.25) is 0 Å². The molecular weight excluding hydrogens is 242 g/mol. The minimum Gasteiger partial charge on any atom is -0.465 e. The standard InChI is InChI=1S/C15H15NO3/c1-18-15(17)13-7-5-12(6-8-13)10-19-11-14-4-2-3-9-16-14/h2-9H,10-11H2,1H3. The predicted octanol–water partition coefficient (Wildman–Crippen LogP) is 2.59. The molecule has 1 aromatic carbocycles. The molecule has 0 aliphatic carbocycles. The monoisotopic (exact) mass is 257 g/mol. The minimum absolute atomic E-state index is 0.332. The molecule has 1 heterocycles. The van der Waals surface area contributed by atoms with Crippen molar-refractivity contribution in [1.82, 2.24) is 4.98 Å². The lowest BCUT2D eigenvalue weighted by Crippen LogP contribution is -2.01. The van der Waals surface area contributed by atoms with Gasteiger partial charge in [-0.05, 0) is 29.8 Å². The fourth-order valence-electron chi connectivity index (χ4n) is 1.61. The van der Waals surface area contributed by atoms with Gasteiger partial charge in [-0.25, -0.2) is 4.79 Å². The molecule has 4 nitrogen and oxygen atoms in total. The predicted molar refractivity (Wildman–Crippen MR) is 70.5 cm³/mol. The zero-order chi connectivity index (χ0) is 13.5. The van der Waals surface area contributed by atoms with Gasteiger partial charge in [0.05, 0.1) is 31.6 Å². The fourth-order valence-corrected chi connectivity index (χ4v) is 1.61. The molecular formula is C15H15NO3. The summed E-state index contributed by atoms with van der Waals surface area (Å²) in [5, 5.41) is 0. The first kappa shape index (κ1) is 13.2. The van der Waals surface area contributed by atoms with E-state index in [1.165, 1.54) is 7.11 Å². The number of benzene rings is 1. The van der Waals surface area contributed by atoms with Gasteiger partial charge in [0, 0.05) is 6.20 Å². The molecule has 0 saturated carbocycles. The van der Waals surface area contributed by atoms with Crippen molar-refractivity contribution in [3.63, 3.8) is 0 Å². The molecule has 0 unspecified atom stereocenters. The van der Waals surface area contributed by atoms with Gasteiger partial charge >= 0.3 is 5.97 Å².